The molecule has 4 saturated carbocycles. The Morgan fingerprint density at radius 1 is 0.521 bits per heavy atom. The fourth-order valence-corrected chi connectivity index (χ4v) is 15.9. The zero-order valence-electron chi connectivity index (χ0n) is 42.0. The quantitative estimate of drug-likeness (QED) is 0.0902. The van der Waals surface area contributed by atoms with Gasteiger partial charge in [0.1, 0.15) is 91.6 Å². The van der Waals surface area contributed by atoms with Crippen molar-refractivity contribution in [2.75, 3.05) is 33.0 Å². The summed E-state index contributed by atoms with van der Waals surface area (Å²) in [4.78, 5) is 0. The summed E-state index contributed by atoms with van der Waals surface area (Å²) in [5, 5.41) is 141. The third kappa shape index (κ3) is 9.49. The van der Waals surface area contributed by atoms with Gasteiger partial charge in [-0.2, -0.15) is 0 Å². The summed E-state index contributed by atoms with van der Waals surface area (Å²) >= 11 is 0. The second-order valence-corrected chi connectivity index (χ2v) is 24.0. The van der Waals surface area contributed by atoms with Crippen molar-refractivity contribution in [1.29, 1.82) is 0 Å². The zero-order valence-corrected chi connectivity index (χ0v) is 42.0. The van der Waals surface area contributed by atoms with Gasteiger partial charge in [0.05, 0.1) is 51.3 Å². The average Bonchev–Trinajstić information content (AvgIpc) is 3.82. The van der Waals surface area contributed by atoms with Gasteiger partial charge in [-0.1, -0.05) is 27.7 Å². The SMILES string of the molecule is C[C@@H]1CC[C@@]2(OC1)OC1CC3[C@@H]4CCC5C[C@@H](O[C@@H]6O[C@H](CO)[C@H](O[C@@H]7O[C@H](CO)[C@@H](O)[C@H](O[C@@H]8OC[C@@H](O)[C@H](O)[C@H]8O)[C@H]7O[C@@H]7O[C@H](CO)[C@H](O)[C@H](O)[C@H]7O)[C@H](O)[C@H]6O)[C@H](O)C[C@]5(C)C4CC[C@]3(C)C1[C@@H]2C. The Morgan fingerprint density at radius 3 is 1.85 bits per heavy atom. The molecule has 6 aliphatic heterocycles. The van der Waals surface area contributed by atoms with E-state index in [1.165, 1.54) is 0 Å². The fourth-order valence-electron chi connectivity index (χ4n) is 15.9. The van der Waals surface area contributed by atoms with Gasteiger partial charge < -0.3 is 114 Å². The van der Waals surface area contributed by atoms with Gasteiger partial charge in [-0.25, -0.2) is 0 Å². The lowest BCUT2D eigenvalue weighted by Gasteiger charge is -2.62. The Hall–Kier alpha value is -0.920. The van der Waals surface area contributed by atoms with E-state index in [1.54, 1.807) is 0 Å². The maximum Gasteiger partial charge on any atom is 0.187 e. The van der Waals surface area contributed by atoms with E-state index in [1.807, 2.05) is 0 Å². The molecule has 5 unspecified atom stereocenters. The third-order valence-corrected chi connectivity index (χ3v) is 20.0. The van der Waals surface area contributed by atoms with Crippen molar-refractivity contribution in [2.24, 2.45) is 52.3 Å². The van der Waals surface area contributed by atoms with Crippen LogP contribution in [0.2, 0.25) is 0 Å². The number of aliphatic hydroxyl groups excluding tert-OH is 13. The number of aliphatic hydroxyl groups is 13. The largest absolute Gasteiger partial charge is 0.394 e. The molecule has 6 heterocycles. The summed E-state index contributed by atoms with van der Waals surface area (Å²) in [5.41, 5.74) is -0.0565. The second-order valence-electron chi connectivity index (χ2n) is 24.0. The van der Waals surface area contributed by atoms with Crippen LogP contribution in [0.5, 0.6) is 0 Å². The Morgan fingerprint density at radius 2 is 1.15 bits per heavy atom. The van der Waals surface area contributed by atoms with Crippen molar-refractivity contribution >= 4 is 0 Å². The molecular weight excluding hydrogens is 969 g/mol. The number of hydrogen-bond donors (Lipinski definition) is 13. The highest BCUT2D eigenvalue weighted by Gasteiger charge is 2.70. The van der Waals surface area contributed by atoms with Crippen LogP contribution < -0.4 is 0 Å². The van der Waals surface area contributed by atoms with Crippen molar-refractivity contribution < 1.29 is 114 Å². The highest BCUT2D eigenvalue weighted by atomic mass is 16.8. The smallest absolute Gasteiger partial charge is 0.187 e. The van der Waals surface area contributed by atoms with Crippen LogP contribution in [-0.2, 0) is 47.4 Å². The van der Waals surface area contributed by atoms with Gasteiger partial charge >= 0.3 is 0 Å². The maximum absolute atomic E-state index is 12.0. The van der Waals surface area contributed by atoms with E-state index in [9.17, 15) is 66.4 Å². The standard InChI is InChI=1S/C50H82O23/c1-19-7-10-50(65-17-19)20(2)32-28(73-50)12-24-22-6-5-21-11-27(25(54)13-49(21,4)23(22)8-9-48(24,32)3)66-45-40(63)37(60)41(31(16-53)69-45)70-47-43(72-46-39(62)36(59)34(57)29(14-51)67-46)42(35(58)30(15-52)68-47)71-44-38(61)33(56)26(55)18-64-44/h19-47,51-63H,5-18H2,1-4H3/t19-,20+,21?,22-,23?,24?,25-,26-,27-,28?,29-,30-,31-,32?,33+,34+,35-,36+,37-,38-,39-,40-,41+,42+,43-,44+,45-,46+,47+,48+,49+,50-/m1/s1. The molecule has 0 aromatic rings. The molecule has 0 amide bonds. The molecule has 10 fully saturated rings. The number of rotatable bonds is 11. The molecule has 23 heteroatoms. The predicted molar refractivity (Wildman–Crippen MR) is 244 cm³/mol. The molecule has 32 atom stereocenters. The van der Waals surface area contributed by atoms with E-state index in [0.717, 1.165) is 51.6 Å². The summed E-state index contributed by atoms with van der Waals surface area (Å²) in [7, 11) is 0. The number of ether oxygens (including phenoxy) is 10. The highest BCUT2D eigenvalue weighted by Crippen LogP contribution is 2.71. The minimum atomic E-state index is -2.02. The van der Waals surface area contributed by atoms with Crippen molar-refractivity contribution in [3.8, 4) is 0 Å². The minimum absolute atomic E-state index is 0.130. The van der Waals surface area contributed by atoms with Gasteiger partial charge in [-0.05, 0) is 97.7 Å². The summed E-state index contributed by atoms with van der Waals surface area (Å²) in [6.45, 7) is 7.02. The zero-order chi connectivity index (χ0) is 52.2. The van der Waals surface area contributed by atoms with Gasteiger partial charge in [-0.3, -0.25) is 0 Å². The van der Waals surface area contributed by atoms with Crippen LogP contribution in [0.4, 0.5) is 0 Å². The molecule has 10 aliphatic rings. The first-order chi connectivity index (χ1) is 34.7. The Labute approximate surface area is 424 Å². The molecule has 10 rings (SSSR count). The topological polar surface area (TPSA) is 355 Å². The molecule has 6 saturated heterocycles. The predicted octanol–water partition coefficient (Wildman–Crippen LogP) is -3.30. The molecule has 0 aromatic carbocycles. The van der Waals surface area contributed by atoms with E-state index in [4.69, 9.17) is 47.4 Å². The molecule has 4 aliphatic carbocycles. The normalized spacial score (nSPS) is 58.2. The van der Waals surface area contributed by atoms with Gasteiger partial charge in [-0.15, -0.1) is 0 Å². The van der Waals surface area contributed by atoms with E-state index in [0.29, 0.717) is 48.3 Å². The molecule has 0 aromatic heterocycles. The lowest BCUT2D eigenvalue weighted by molar-refractivity contribution is -0.404. The van der Waals surface area contributed by atoms with Crippen LogP contribution in [0.3, 0.4) is 0 Å². The molecule has 13 N–H and O–H groups in total. The van der Waals surface area contributed by atoms with E-state index >= 15 is 0 Å². The highest BCUT2D eigenvalue weighted by molar-refractivity contribution is 5.16. The molecule has 1 spiro atoms. The fraction of sp³-hybridized carbons (Fsp3) is 1.00. The lowest BCUT2D eigenvalue weighted by Crippen LogP contribution is -2.68. The lowest BCUT2D eigenvalue weighted by atomic mass is 9.44. The first-order valence-electron chi connectivity index (χ1n) is 26.8. The molecule has 0 bridgehead atoms. The minimum Gasteiger partial charge on any atom is -0.394 e. The van der Waals surface area contributed by atoms with Crippen molar-refractivity contribution in [1.82, 2.24) is 0 Å². The van der Waals surface area contributed by atoms with Crippen LogP contribution in [0.25, 0.3) is 0 Å². The van der Waals surface area contributed by atoms with Gasteiger partial charge in [0.25, 0.3) is 0 Å². The Balaban J connectivity index is 0.824. The van der Waals surface area contributed by atoms with Gasteiger partial charge in [0.15, 0.2) is 30.9 Å². The maximum atomic E-state index is 12.0. The third-order valence-electron chi connectivity index (χ3n) is 20.0. The van der Waals surface area contributed by atoms with Crippen LogP contribution in [0.15, 0.2) is 0 Å². The summed E-state index contributed by atoms with van der Waals surface area (Å²) in [6, 6.07) is 0. The monoisotopic (exact) mass is 1050 g/mol. The molecule has 73 heavy (non-hydrogen) atoms. The van der Waals surface area contributed by atoms with Crippen LogP contribution in [-0.4, -0.2) is 240 Å². The Bertz CT molecular complexity index is 1860. The average molecular weight is 1050 g/mol. The van der Waals surface area contributed by atoms with Gasteiger partial charge in [0.2, 0.25) is 0 Å². The first kappa shape index (κ1) is 55.4. The van der Waals surface area contributed by atoms with Crippen molar-refractivity contribution in [3.63, 3.8) is 0 Å². The van der Waals surface area contributed by atoms with E-state index in [2.05, 4.69) is 27.7 Å². The second kappa shape index (κ2) is 21.3. The Kier molecular flexibility index (Phi) is 16.1. The summed E-state index contributed by atoms with van der Waals surface area (Å²) in [6.07, 6.45) is -27.2. The van der Waals surface area contributed by atoms with Crippen LogP contribution >= 0.6 is 0 Å². The molecule has 23 nitrogen and oxygen atoms in total. The molecular formula is C50H82O23. The summed E-state index contributed by atoms with van der Waals surface area (Å²) in [5.74, 6) is 2.34. The summed E-state index contributed by atoms with van der Waals surface area (Å²) < 4.78 is 61.1. The van der Waals surface area contributed by atoms with Crippen LogP contribution in [0, 0.1) is 52.3 Å². The van der Waals surface area contributed by atoms with Crippen molar-refractivity contribution in [2.45, 2.75) is 226 Å². The first-order valence-corrected chi connectivity index (χ1v) is 26.8. The number of fused-ring (bicyclic) bond motifs is 7. The van der Waals surface area contributed by atoms with Gasteiger partial charge in [0, 0.05) is 12.3 Å². The van der Waals surface area contributed by atoms with E-state index < -0.39 is 161 Å². The van der Waals surface area contributed by atoms with E-state index in [-0.39, 0.29) is 22.9 Å². The molecule has 420 valence electrons. The molecule has 0 radical (unpaired) electrons. The van der Waals surface area contributed by atoms with Crippen LogP contribution in [0.1, 0.15) is 85.5 Å². The van der Waals surface area contributed by atoms with Crippen molar-refractivity contribution in [3.05, 3.63) is 0 Å². The number of hydrogen-bond acceptors (Lipinski definition) is 23.